The number of esters is 1. The molecule has 8 heteroatoms. The van der Waals surface area contributed by atoms with E-state index in [1.807, 2.05) is 25.1 Å². The molecule has 3 aromatic rings. The molecule has 0 bridgehead atoms. The Morgan fingerprint density at radius 3 is 2.90 bits per heavy atom. The van der Waals surface area contributed by atoms with Gasteiger partial charge in [-0.1, -0.05) is 29.4 Å². The summed E-state index contributed by atoms with van der Waals surface area (Å²) in [5, 5.41) is 1.50. The SMILES string of the molecule is Cc1c(Cl)cccc1-n1c(S[C@H]2CCOC2=O)nc2sc3c(c2c1=O)CCCC3. The van der Waals surface area contributed by atoms with Crippen LogP contribution in [0.15, 0.2) is 28.2 Å². The van der Waals surface area contributed by atoms with E-state index in [0.717, 1.165) is 47.0 Å². The topological polar surface area (TPSA) is 61.2 Å². The number of cyclic esters (lactones) is 1. The number of halogens is 1. The molecule has 1 atom stereocenters. The van der Waals surface area contributed by atoms with Gasteiger partial charge in [-0.05, 0) is 55.9 Å². The highest BCUT2D eigenvalue weighted by molar-refractivity contribution is 8.00. The molecule has 150 valence electrons. The molecule has 5 nitrogen and oxygen atoms in total. The Balaban J connectivity index is 1.78. The maximum Gasteiger partial charge on any atom is 0.319 e. The average molecular weight is 447 g/mol. The number of rotatable bonds is 3. The van der Waals surface area contributed by atoms with Crippen molar-refractivity contribution < 1.29 is 9.53 Å². The molecule has 0 amide bonds. The molecule has 5 rings (SSSR count). The third-order valence-corrected chi connectivity index (χ3v) is 8.37. The molecule has 1 fully saturated rings. The van der Waals surface area contributed by atoms with E-state index in [1.54, 1.807) is 15.9 Å². The number of nitrogens with zero attached hydrogens (tertiary/aromatic N) is 2. The molecular formula is C21H19ClN2O3S2. The van der Waals surface area contributed by atoms with Crippen LogP contribution in [-0.4, -0.2) is 27.4 Å². The lowest BCUT2D eigenvalue weighted by Crippen LogP contribution is -2.24. The van der Waals surface area contributed by atoms with Crippen molar-refractivity contribution in [3.63, 3.8) is 0 Å². The molecule has 1 saturated heterocycles. The predicted molar refractivity (Wildman–Crippen MR) is 117 cm³/mol. The van der Waals surface area contributed by atoms with Crippen molar-refractivity contribution in [1.82, 2.24) is 9.55 Å². The van der Waals surface area contributed by atoms with Crippen molar-refractivity contribution in [1.29, 1.82) is 0 Å². The summed E-state index contributed by atoms with van der Waals surface area (Å²) < 4.78 is 6.76. The molecule has 1 aliphatic carbocycles. The maximum atomic E-state index is 13.8. The smallest absolute Gasteiger partial charge is 0.319 e. The van der Waals surface area contributed by atoms with Gasteiger partial charge in [0.15, 0.2) is 5.16 Å². The van der Waals surface area contributed by atoms with Crippen LogP contribution in [0.2, 0.25) is 5.02 Å². The van der Waals surface area contributed by atoms with Crippen molar-refractivity contribution >= 4 is 50.9 Å². The van der Waals surface area contributed by atoms with Gasteiger partial charge in [0.25, 0.3) is 5.56 Å². The lowest BCUT2D eigenvalue weighted by atomic mass is 9.97. The zero-order valence-corrected chi connectivity index (χ0v) is 18.3. The van der Waals surface area contributed by atoms with Gasteiger partial charge in [0.1, 0.15) is 10.1 Å². The maximum absolute atomic E-state index is 13.8. The summed E-state index contributed by atoms with van der Waals surface area (Å²) in [6, 6.07) is 5.53. The monoisotopic (exact) mass is 446 g/mol. The molecule has 0 saturated carbocycles. The molecule has 0 radical (unpaired) electrons. The van der Waals surface area contributed by atoms with Crippen LogP contribution in [0, 0.1) is 6.92 Å². The first kappa shape index (κ1) is 19.2. The van der Waals surface area contributed by atoms with E-state index in [9.17, 15) is 9.59 Å². The second kappa shape index (κ2) is 7.45. The van der Waals surface area contributed by atoms with Gasteiger partial charge in [-0.15, -0.1) is 11.3 Å². The van der Waals surface area contributed by atoms with E-state index < -0.39 is 0 Å². The molecule has 3 heterocycles. The molecule has 0 N–H and O–H groups in total. The van der Waals surface area contributed by atoms with E-state index >= 15 is 0 Å². The van der Waals surface area contributed by atoms with Crippen molar-refractivity contribution in [3.05, 3.63) is 49.6 Å². The van der Waals surface area contributed by atoms with E-state index in [0.29, 0.717) is 28.9 Å². The Labute approximate surface area is 181 Å². The standard InChI is InChI=1S/C21H19ClN2O3S2/c1-11-13(22)6-4-7-14(11)24-19(25)17-12-5-2-3-8-15(12)28-18(17)23-21(24)29-16-9-10-27-20(16)26/h4,6-7,16H,2-3,5,8-10H2,1H3/t16-/m0/s1. The van der Waals surface area contributed by atoms with Crippen LogP contribution in [0.4, 0.5) is 0 Å². The summed E-state index contributed by atoms with van der Waals surface area (Å²) in [6.07, 6.45) is 4.79. The van der Waals surface area contributed by atoms with E-state index in [2.05, 4.69) is 0 Å². The molecule has 2 aliphatic rings. The van der Waals surface area contributed by atoms with Crippen molar-refractivity contribution in [3.8, 4) is 5.69 Å². The Bertz CT molecular complexity index is 1200. The van der Waals surface area contributed by atoms with Gasteiger partial charge in [0.2, 0.25) is 0 Å². The summed E-state index contributed by atoms with van der Waals surface area (Å²) in [5.74, 6) is -0.246. The zero-order chi connectivity index (χ0) is 20.1. The second-order valence-corrected chi connectivity index (χ2v) is 10.0. The number of ether oxygens (including phenoxy) is 1. The third-order valence-electron chi connectivity index (χ3n) is 5.57. The summed E-state index contributed by atoms with van der Waals surface area (Å²) in [4.78, 5) is 32.8. The summed E-state index contributed by atoms with van der Waals surface area (Å²) in [6.45, 7) is 2.31. The highest BCUT2D eigenvalue weighted by Crippen LogP contribution is 2.37. The summed E-state index contributed by atoms with van der Waals surface area (Å²) in [7, 11) is 0. The van der Waals surface area contributed by atoms with Crippen LogP contribution in [0.25, 0.3) is 15.9 Å². The first-order valence-corrected chi connectivity index (χ1v) is 11.8. The minimum Gasteiger partial charge on any atom is -0.465 e. The quantitative estimate of drug-likeness (QED) is 0.431. The number of carbonyl (C=O) groups excluding carboxylic acids is 1. The molecule has 0 unspecified atom stereocenters. The van der Waals surface area contributed by atoms with Gasteiger partial charge in [0.05, 0.1) is 17.7 Å². The van der Waals surface area contributed by atoms with Crippen LogP contribution < -0.4 is 5.56 Å². The molecule has 1 aliphatic heterocycles. The van der Waals surface area contributed by atoms with Crippen molar-refractivity contribution in [2.45, 2.75) is 49.4 Å². The van der Waals surface area contributed by atoms with Crippen LogP contribution in [-0.2, 0) is 22.4 Å². The van der Waals surface area contributed by atoms with Gasteiger partial charge < -0.3 is 4.74 Å². The van der Waals surface area contributed by atoms with Crippen LogP contribution in [0.5, 0.6) is 0 Å². The minimum absolute atomic E-state index is 0.0753. The number of aryl methyl sites for hydroxylation is 2. The van der Waals surface area contributed by atoms with Gasteiger partial charge >= 0.3 is 5.97 Å². The van der Waals surface area contributed by atoms with Crippen molar-refractivity contribution in [2.24, 2.45) is 0 Å². The number of aromatic nitrogens is 2. The Morgan fingerprint density at radius 1 is 1.28 bits per heavy atom. The first-order valence-electron chi connectivity index (χ1n) is 9.70. The van der Waals surface area contributed by atoms with Gasteiger partial charge in [-0.2, -0.15) is 0 Å². The van der Waals surface area contributed by atoms with Gasteiger partial charge in [0, 0.05) is 16.3 Å². The Morgan fingerprint density at radius 2 is 2.10 bits per heavy atom. The van der Waals surface area contributed by atoms with E-state index in [-0.39, 0.29) is 16.8 Å². The van der Waals surface area contributed by atoms with Crippen LogP contribution in [0.1, 0.15) is 35.3 Å². The Kier molecular flexibility index (Phi) is 4.92. The molecular weight excluding hydrogens is 428 g/mol. The number of thiophene rings is 1. The zero-order valence-electron chi connectivity index (χ0n) is 15.9. The fourth-order valence-electron chi connectivity index (χ4n) is 4.03. The number of carbonyl (C=O) groups is 1. The fourth-order valence-corrected chi connectivity index (χ4v) is 6.57. The highest BCUT2D eigenvalue weighted by Gasteiger charge is 2.31. The molecule has 1 aromatic carbocycles. The summed E-state index contributed by atoms with van der Waals surface area (Å²) in [5.41, 5.74) is 2.60. The second-order valence-electron chi connectivity index (χ2n) is 7.37. The Hall–Kier alpha value is -1.83. The minimum atomic E-state index is -0.348. The van der Waals surface area contributed by atoms with Crippen LogP contribution >= 0.6 is 34.7 Å². The van der Waals surface area contributed by atoms with Crippen molar-refractivity contribution in [2.75, 3.05) is 6.61 Å². The average Bonchev–Trinajstić information content (AvgIpc) is 3.28. The number of thioether (sulfide) groups is 1. The predicted octanol–water partition coefficient (Wildman–Crippen LogP) is 4.70. The van der Waals surface area contributed by atoms with Crippen LogP contribution in [0.3, 0.4) is 0 Å². The lowest BCUT2D eigenvalue weighted by molar-refractivity contribution is -0.137. The molecule has 29 heavy (non-hydrogen) atoms. The lowest BCUT2D eigenvalue weighted by Gasteiger charge is -2.16. The van der Waals surface area contributed by atoms with Gasteiger partial charge in [-0.3, -0.25) is 14.2 Å². The summed E-state index contributed by atoms with van der Waals surface area (Å²) >= 11 is 9.29. The molecule has 2 aromatic heterocycles. The number of hydrogen-bond donors (Lipinski definition) is 0. The largest absolute Gasteiger partial charge is 0.465 e. The number of hydrogen-bond acceptors (Lipinski definition) is 6. The first-order chi connectivity index (χ1) is 14.0. The van der Waals surface area contributed by atoms with E-state index in [4.69, 9.17) is 21.3 Å². The normalized spacial score (nSPS) is 18.8. The number of fused-ring (bicyclic) bond motifs is 3. The van der Waals surface area contributed by atoms with E-state index in [1.165, 1.54) is 16.6 Å². The molecule has 0 spiro atoms. The fraction of sp³-hybridized carbons (Fsp3) is 0.381. The highest BCUT2D eigenvalue weighted by atomic mass is 35.5. The van der Waals surface area contributed by atoms with Gasteiger partial charge in [-0.25, -0.2) is 4.98 Å². The number of benzene rings is 1. The third kappa shape index (κ3) is 3.20.